The van der Waals surface area contributed by atoms with Crippen molar-refractivity contribution in [3.8, 4) is 0 Å². The van der Waals surface area contributed by atoms with Crippen LogP contribution in [0.3, 0.4) is 0 Å². The van der Waals surface area contributed by atoms with Gasteiger partial charge in [0.1, 0.15) is 0 Å². The van der Waals surface area contributed by atoms with Crippen molar-refractivity contribution in [2.75, 3.05) is 26.2 Å². The van der Waals surface area contributed by atoms with E-state index < -0.39 is 0 Å². The lowest BCUT2D eigenvalue weighted by Gasteiger charge is -2.49. The molecule has 0 heterocycles. The lowest BCUT2D eigenvalue weighted by Crippen LogP contribution is -2.42. The Balaban J connectivity index is 2.34. The van der Waals surface area contributed by atoms with E-state index in [1.165, 1.54) is 45.4 Å². The molecular formula is C18H37N2P. The van der Waals surface area contributed by atoms with Crippen molar-refractivity contribution < 1.29 is 0 Å². The predicted molar refractivity (Wildman–Crippen MR) is 95.8 cm³/mol. The molecule has 0 amide bonds. The van der Waals surface area contributed by atoms with Gasteiger partial charge in [-0.2, -0.15) is 0 Å². The standard InChI is InChI=1S/C18H37N2P/c1-8-19(9-2)21(20(10-3)11-4)16-14-15-12-13-18(16,7)17(15,5)6/h15-16H,8-14H2,1-7H3/t15-,16-,18+/m0/s1. The molecule has 21 heavy (non-hydrogen) atoms. The minimum absolute atomic E-state index is 0.144. The van der Waals surface area contributed by atoms with Crippen molar-refractivity contribution in [3.63, 3.8) is 0 Å². The molecule has 2 nitrogen and oxygen atoms in total. The smallest absolute Gasteiger partial charge is 0.0432 e. The van der Waals surface area contributed by atoms with Gasteiger partial charge in [0, 0.05) is 40.1 Å². The summed E-state index contributed by atoms with van der Waals surface area (Å²) in [5.74, 6) is 0.962. The topological polar surface area (TPSA) is 6.48 Å². The lowest BCUT2D eigenvalue weighted by molar-refractivity contribution is 0.151. The largest absolute Gasteiger partial charge is 0.270 e. The van der Waals surface area contributed by atoms with Crippen molar-refractivity contribution >= 4 is 8.22 Å². The Morgan fingerprint density at radius 1 is 0.905 bits per heavy atom. The summed E-state index contributed by atoms with van der Waals surface area (Å²) in [6.07, 6.45) is 4.40. The second kappa shape index (κ2) is 6.46. The molecule has 2 aliphatic carbocycles. The van der Waals surface area contributed by atoms with Crippen molar-refractivity contribution in [3.05, 3.63) is 0 Å². The highest BCUT2D eigenvalue weighted by Crippen LogP contribution is 2.73. The van der Waals surface area contributed by atoms with Crippen LogP contribution in [-0.4, -0.2) is 41.2 Å². The summed E-state index contributed by atoms with van der Waals surface area (Å²) in [5.41, 5.74) is 1.99. The van der Waals surface area contributed by atoms with Crippen LogP contribution in [0.5, 0.6) is 0 Å². The van der Waals surface area contributed by atoms with Gasteiger partial charge in [-0.15, -0.1) is 0 Å². The fraction of sp³-hybridized carbons (Fsp3) is 1.00. The Bertz CT molecular complexity index is 337. The Hall–Kier alpha value is 0.350. The highest BCUT2D eigenvalue weighted by atomic mass is 31.1. The number of nitrogens with zero attached hydrogens (tertiary/aromatic N) is 2. The van der Waals surface area contributed by atoms with E-state index in [1.54, 1.807) is 0 Å². The van der Waals surface area contributed by atoms with Crippen LogP contribution in [0.1, 0.15) is 67.7 Å². The van der Waals surface area contributed by atoms with E-state index in [4.69, 9.17) is 0 Å². The number of hydrogen-bond donors (Lipinski definition) is 0. The Morgan fingerprint density at radius 2 is 1.38 bits per heavy atom. The first-order chi connectivity index (χ1) is 9.87. The number of fused-ring (bicyclic) bond motifs is 2. The summed E-state index contributed by atoms with van der Waals surface area (Å²) in [5, 5.41) is 0. The van der Waals surface area contributed by atoms with Gasteiger partial charge in [0.05, 0.1) is 0 Å². The molecule has 0 N–H and O–H groups in total. The van der Waals surface area contributed by atoms with Crippen LogP contribution in [0.25, 0.3) is 0 Å². The van der Waals surface area contributed by atoms with Crippen molar-refractivity contribution in [1.82, 2.24) is 9.34 Å². The highest BCUT2D eigenvalue weighted by Gasteiger charge is 2.63. The third-order valence-corrected chi connectivity index (χ3v) is 10.7. The predicted octanol–water partition coefficient (Wildman–Crippen LogP) is 5.20. The normalized spacial score (nSPS) is 34.6. The average molecular weight is 312 g/mol. The van der Waals surface area contributed by atoms with Gasteiger partial charge in [0.2, 0.25) is 0 Å². The Morgan fingerprint density at radius 3 is 1.67 bits per heavy atom. The third-order valence-electron chi connectivity index (χ3n) is 7.07. The summed E-state index contributed by atoms with van der Waals surface area (Å²) in [6, 6.07) is 0. The third kappa shape index (κ3) is 2.60. The molecule has 0 spiro atoms. The molecule has 0 aliphatic heterocycles. The molecule has 0 aromatic rings. The van der Waals surface area contributed by atoms with Crippen LogP contribution in [-0.2, 0) is 0 Å². The first-order valence-electron chi connectivity index (χ1n) is 9.16. The quantitative estimate of drug-likeness (QED) is 0.596. The van der Waals surface area contributed by atoms with E-state index in [1.807, 2.05) is 0 Å². The minimum atomic E-state index is -0.144. The molecule has 2 saturated carbocycles. The first kappa shape index (κ1) is 17.7. The fourth-order valence-electron chi connectivity index (χ4n) is 5.11. The van der Waals surface area contributed by atoms with Crippen LogP contribution in [0, 0.1) is 16.7 Å². The molecule has 0 saturated heterocycles. The van der Waals surface area contributed by atoms with Gasteiger partial charge < -0.3 is 0 Å². The van der Waals surface area contributed by atoms with Gasteiger partial charge in [-0.3, -0.25) is 9.34 Å². The van der Waals surface area contributed by atoms with Gasteiger partial charge in [-0.1, -0.05) is 48.5 Å². The van der Waals surface area contributed by atoms with Crippen LogP contribution in [0.15, 0.2) is 0 Å². The summed E-state index contributed by atoms with van der Waals surface area (Å²) in [7, 11) is -0.144. The number of rotatable bonds is 7. The summed E-state index contributed by atoms with van der Waals surface area (Å²) >= 11 is 0. The van der Waals surface area contributed by atoms with Crippen LogP contribution in [0.2, 0.25) is 0 Å². The SMILES string of the molecule is CCN(CC)P([C@H]1C[C@@H]2CC[C@@]1(C)C2(C)C)N(CC)CC. The van der Waals surface area contributed by atoms with E-state index in [0.717, 1.165) is 11.6 Å². The minimum Gasteiger partial charge on any atom is -0.270 e. The fourth-order valence-corrected chi connectivity index (χ4v) is 8.83. The molecule has 2 fully saturated rings. The van der Waals surface area contributed by atoms with Crippen molar-refractivity contribution in [1.29, 1.82) is 0 Å². The second-order valence-electron chi connectivity index (χ2n) is 7.72. The van der Waals surface area contributed by atoms with Gasteiger partial charge in [-0.05, 0) is 36.0 Å². The monoisotopic (exact) mass is 312 g/mol. The molecule has 124 valence electrons. The average Bonchev–Trinajstić information content (AvgIpc) is 2.80. The molecule has 0 radical (unpaired) electrons. The molecule has 0 aromatic carbocycles. The lowest BCUT2D eigenvalue weighted by atomic mass is 9.71. The molecule has 2 bridgehead atoms. The number of hydrogen-bond acceptors (Lipinski definition) is 2. The second-order valence-corrected chi connectivity index (χ2v) is 10.1. The van der Waals surface area contributed by atoms with E-state index in [0.29, 0.717) is 10.8 Å². The highest BCUT2D eigenvalue weighted by molar-refractivity contribution is 7.53. The molecule has 0 aromatic heterocycles. The van der Waals surface area contributed by atoms with Crippen LogP contribution >= 0.6 is 8.22 Å². The zero-order valence-electron chi connectivity index (χ0n) is 15.4. The van der Waals surface area contributed by atoms with E-state index >= 15 is 0 Å². The van der Waals surface area contributed by atoms with Gasteiger partial charge in [0.25, 0.3) is 0 Å². The van der Waals surface area contributed by atoms with Gasteiger partial charge in [-0.25, -0.2) is 0 Å². The zero-order chi connectivity index (χ0) is 15.8. The molecule has 3 heteroatoms. The van der Waals surface area contributed by atoms with E-state index in [-0.39, 0.29) is 8.22 Å². The summed E-state index contributed by atoms with van der Waals surface area (Å²) in [6.45, 7) is 22.0. The Kier molecular flexibility index (Phi) is 5.44. The molecule has 3 atom stereocenters. The van der Waals surface area contributed by atoms with Crippen molar-refractivity contribution in [2.24, 2.45) is 16.7 Å². The summed E-state index contributed by atoms with van der Waals surface area (Å²) < 4.78 is 5.57. The molecule has 0 unspecified atom stereocenters. The van der Waals surface area contributed by atoms with Crippen molar-refractivity contribution in [2.45, 2.75) is 73.4 Å². The van der Waals surface area contributed by atoms with E-state index in [2.05, 4.69) is 57.8 Å². The molecule has 2 rings (SSSR count). The maximum atomic E-state index is 2.79. The van der Waals surface area contributed by atoms with Gasteiger partial charge in [0.15, 0.2) is 0 Å². The van der Waals surface area contributed by atoms with Crippen LogP contribution in [0.4, 0.5) is 0 Å². The Labute approximate surface area is 134 Å². The maximum absolute atomic E-state index is 2.79. The molecule has 2 aliphatic rings. The maximum Gasteiger partial charge on any atom is 0.0432 e. The van der Waals surface area contributed by atoms with Gasteiger partial charge >= 0.3 is 0 Å². The zero-order valence-corrected chi connectivity index (χ0v) is 16.3. The summed E-state index contributed by atoms with van der Waals surface area (Å²) in [4.78, 5) is 0. The molecular weight excluding hydrogens is 275 g/mol. The van der Waals surface area contributed by atoms with Crippen LogP contribution < -0.4 is 0 Å². The first-order valence-corrected chi connectivity index (χ1v) is 10.5. The van der Waals surface area contributed by atoms with E-state index in [9.17, 15) is 0 Å².